The van der Waals surface area contributed by atoms with Crippen molar-refractivity contribution in [3.8, 4) is 17.0 Å². The molecule has 0 amide bonds. The highest BCUT2D eigenvalue weighted by Crippen LogP contribution is 2.26. The van der Waals surface area contributed by atoms with Crippen molar-refractivity contribution in [2.24, 2.45) is 0 Å². The SMILES string of the molecule is COc1ccc(-c2cc(NC3CCCC3)nc(N)n2)cc1. The van der Waals surface area contributed by atoms with E-state index >= 15 is 0 Å². The molecule has 1 aliphatic rings. The number of nitrogens with zero attached hydrogens (tertiary/aromatic N) is 2. The summed E-state index contributed by atoms with van der Waals surface area (Å²) < 4.78 is 5.17. The number of nitrogens with two attached hydrogens (primary N) is 1. The minimum absolute atomic E-state index is 0.295. The lowest BCUT2D eigenvalue weighted by Gasteiger charge is -2.14. The second-order valence-corrected chi connectivity index (χ2v) is 5.35. The van der Waals surface area contributed by atoms with Crippen molar-refractivity contribution in [1.82, 2.24) is 9.97 Å². The number of rotatable bonds is 4. The van der Waals surface area contributed by atoms with Gasteiger partial charge < -0.3 is 15.8 Å². The van der Waals surface area contributed by atoms with Gasteiger partial charge >= 0.3 is 0 Å². The largest absolute Gasteiger partial charge is 0.497 e. The maximum absolute atomic E-state index is 5.84. The minimum Gasteiger partial charge on any atom is -0.497 e. The Balaban J connectivity index is 1.85. The van der Waals surface area contributed by atoms with Gasteiger partial charge in [-0.3, -0.25) is 0 Å². The monoisotopic (exact) mass is 284 g/mol. The number of benzene rings is 1. The average Bonchev–Trinajstić information content (AvgIpc) is 2.99. The number of anilines is 2. The Kier molecular flexibility index (Phi) is 3.90. The van der Waals surface area contributed by atoms with E-state index in [4.69, 9.17) is 10.5 Å². The fourth-order valence-electron chi connectivity index (χ4n) is 2.73. The van der Waals surface area contributed by atoms with E-state index in [2.05, 4.69) is 15.3 Å². The fraction of sp³-hybridized carbons (Fsp3) is 0.375. The van der Waals surface area contributed by atoms with Gasteiger partial charge in [0.2, 0.25) is 5.95 Å². The van der Waals surface area contributed by atoms with Gasteiger partial charge in [-0.15, -0.1) is 0 Å². The van der Waals surface area contributed by atoms with Gasteiger partial charge in [-0.05, 0) is 37.1 Å². The highest BCUT2D eigenvalue weighted by atomic mass is 16.5. The fourth-order valence-corrected chi connectivity index (χ4v) is 2.73. The number of ether oxygens (including phenoxy) is 1. The summed E-state index contributed by atoms with van der Waals surface area (Å²) in [6.07, 6.45) is 4.96. The number of nitrogens with one attached hydrogen (secondary N) is 1. The van der Waals surface area contributed by atoms with E-state index in [0.29, 0.717) is 12.0 Å². The van der Waals surface area contributed by atoms with Gasteiger partial charge in [-0.25, -0.2) is 4.98 Å². The molecule has 3 rings (SSSR count). The highest BCUT2D eigenvalue weighted by molar-refractivity contribution is 5.64. The van der Waals surface area contributed by atoms with E-state index in [1.807, 2.05) is 30.3 Å². The summed E-state index contributed by atoms with van der Waals surface area (Å²) in [6.45, 7) is 0. The summed E-state index contributed by atoms with van der Waals surface area (Å²) in [5.41, 5.74) is 7.66. The van der Waals surface area contributed by atoms with Crippen LogP contribution in [-0.2, 0) is 0 Å². The van der Waals surface area contributed by atoms with Crippen LogP contribution in [0.3, 0.4) is 0 Å². The summed E-state index contributed by atoms with van der Waals surface area (Å²) in [7, 11) is 1.65. The van der Waals surface area contributed by atoms with Crippen LogP contribution >= 0.6 is 0 Å². The van der Waals surface area contributed by atoms with E-state index in [0.717, 1.165) is 22.8 Å². The molecule has 1 aromatic carbocycles. The third kappa shape index (κ3) is 3.24. The van der Waals surface area contributed by atoms with Crippen LogP contribution in [0.25, 0.3) is 11.3 Å². The Morgan fingerprint density at radius 2 is 1.86 bits per heavy atom. The van der Waals surface area contributed by atoms with Crippen LogP contribution < -0.4 is 15.8 Å². The van der Waals surface area contributed by atoms with E-state index < -0.39 is 0 Å². The van der Waals surface area contributed by atoms with Crippen LogP contribution in [0, 0.1) is 0 Å². The first kappa shape index (κ1) is 13.7. The molecule has 0 aliphatic heterocycles. The van der Waals surface area contributed by atoms with Crippen molar-refractivity contribution in [3.05, 3.63) is 30.3 Å². The van der Waals surface area contributed by atoms with Crippen LogP contribution in [0.4, 0.5) is 11.8 Å². The zero-order valence-electron chi connectivity index (χ0n) is 12.2. The molecular weight excluding hydrogens is 264 g/mol. The number of methoxy groups -OCH3 is 1. The first-order valence-electron chi connectivity index (χ1n) is 7.30. The van der Waals surface area contributed by atoms with Crippen molar-refractivity contribution in [2.75, 3.05) is 18.2 Å². The van der Waals surface area contributed by atoms with Crippen molar-refractivity contribution in [2.45, 2.75) is 31.7 Å². The van der Waals surface area contributed by atoms with Gasteiger partial charge in [0.15, 0.2) is 0 Å². The third-order valence-corrected chi connectivity index (χ3v) is 3.84. The maximum atomic E-state index is 5.84. The maximum Gasteiger partial charge on any atom is 0.222 e. The number of hydrogen-bond acceptors (Lipinski definition) is 5. The molecule has 3 N–H and O–H groups in total. The molecule has 0 radical (unpaired) electrons. The van der Waals surface area contributed by atoms with Crippen LogP contribution in [0.15, 0.2) is 30.3 Å². The first-order valence-corrected chi connectivity index (χ1v) is 7.30. The Bertz CT molecular complexity index is 606. The van der Waals surface area contributed by atoms with Gasteiger partial charge in [0.05, 0.1) is 12.8 Å². The number of hydrogen-bond donors (Lipinski definition) is 2. The molecule has 5 nitrogen and oxygen atoms in total. The lowest BCUT2D eigenvalue weighted by Crippen LogP contribution is -2.16. The number of aromatic nitrogens is 2. The second-order valence-electron chi connectivity index (χ2n) is 5.35. The zero-order valence-corrected chi connectivity index (χ0v) is 12.2. The van der Waals surface area contributed by atoms with Crippen LogP contribution in [0.5, 0.6) is 5.75 Å². The van der Waals surface area contributed by atoms with Gasteiger partial charge in [0.1, 0.15) is 11.6 Å². The third-order valence-electron chi connectivity index (χ3n) is 3.84. The van der Waals surface area contributed by atoms with Gasteiger partial charge in [-0.1, -0.05) is 12.8 Å². The molecule has 1 aromatic heterocycles. The molecule has 1 fully saturated rings. The Hall–Kier alpha value is -2.30. The second kappa shape index (κ2) is 5.99. The van der Waals surface area contributed by atoms with Gasteiger partial charge in [-0.2, -0.15) is 4.98 Å². The molecule has 0 atom stereocenters. The number of nitrogen functional groups attached to an aromatic ring is 1. The smallest absolute Gasteiger partial charge is 0.222 e. The Morgan fingerprint density at radius 3 is 2.52 bits per heavy atom. The van der Waals surface area contributed by atoms with Crippen LogP contribution in [0.2, 0.25) is 0 Å². The van der Waals surface area contributed by atoms with E-state index in [1.165, 1.54) is 25.7 Å². The molecular formula is C16H20N4O. The van der Waals surface area contributed by atoms with E-state index in [1.54, 1.807) is 7.11 Å². The predicted molar refractivity (Wildman–Crippen MR) is 84.3 cm³/mol. The molecule has 2 aromatic rings. The normalized spacial score (nSPS) is 15.1. The van der Waals surface area contributed by atoms with Crippen LogP contribution in [0.1, 0.15) is 25.7 Å². The molecule has 21 heavy (non-hydrogen) atoms. The minimum atomic E-state index is 0.295. The molecule has 110 valence electrons. The average molecular weight is 284 g/mol. The molecule has 1 heterocycles. The summed E-state index contributed by atoms with van der Waals surface area (Å²) in [5, 5.41) is 3.46. The standard InChI is InChI=1S/C16H20N4O/c1-21-13-8-6-11(7-9-13)14-10-15(20-16(17)19-14)18-12-4-2-3-5-12/h6-10,12H,2-5H2,1H3,(H3,17,18,19,20). The van der Waals surface area contributed by atoms with Crippen molar-refractivity contribution in [1.29, 1.82) is 0 Å². The highest BCUT2D eigenvalue weighted by Gasteiger charge is 2.15. The zero-order chi connectivity index (χ0) is 14.7. The van der Waals surface area contributed by atoms with E-state index in [9.17, 15) is 0 Å². The molecule has 0 bridgehead atoms. The lowest BCUT2D eigenvalue weighted by atomic mass is 10.1. The van der Waals surface area contributed by atoms with Gasteiger partial charge in [0, 0.05) is 17.7 Å². The summed E-state index contributed by atoms with van der Waals surface area (Å²) in [6, 6.07) is 10.2. The first-order chi connectivity index (χ1) is 10.2. The molecule has 1 aliphatic carbocycles. The Morgan fingerprint density at radius 1 is 1.14 bits per heavy atom. The topological polar surface area (TPSA) is 73.1 Å². The summed E-state index contributed by atoms with van der Waals surface area (Å²) in [4.78, 5) is 8.61. The van der Waals surface area contributed by atoms with Crippen molar-refractivity contribution >= 4 is 11.8 Å². The van der Waals surface area contributed by atoms with Crippen LogP contribution in [-0.4, -0.2) is 23.1 Å². The van der Waals surface area contributed by atoms with Crippen molar-refractivity contribution in [3.63, 3.8) is 0 Å². The van der Waals surface area contributed by atoms with Crippen molar-refractivity contribution < 1.29 is 4.74 Å². The Labute approximate surface area is 124 Å². The summed E-state index contributed by atoms with van der Waals surface area (Å²) in [5.74, 6) is 1.93. The lowest BCUT2D eigenvalue weighted by molar-refractivity contribution is 0.415. The predicted octanol–water partition coefficient (Wildman–Crippen LogP) is 3.09. The summed E-state index contributed by atoms with van der Waals surface area (Å²) >= 11 is 0. The molecule has 0 spiro atoms. The van der Waals surface area contributed by atoms with E-state index in [-0.39, 0.29) is 0 Å². The quantitative estimate of drug-likeness (QED) is 0.902. The molecule has 0 unspecified atom stereocenters. The molecule has 1 saturated carbocycles. The van der Waals surface area contributed by atoms with Gasteiger partial charge in [0.25, 0.3) is 0 Å². The molecule has 0 saturated heterocycles. The molecule has 5 heteroatoms.